The SMILES string of the molecule is Cc1c(C2=NC(C)(C)C(C)(C)c3c2ccc(F)c3F)cnn2cccc12. The van der Waals surface area contributed by atoms with Gasteiger partial charge in [-0.1, -0.05) is 13.8 Å². The molecule has 3 aromatic rings. The number of fused-ring (bicyclic) bond motifs is 2. The molecule has 4 rings (SSSR count). The molecule has 26 heavy (non-hydrogen) atoms. The van der Waals surface area contributed by atoms with Crippen molar-refractivity contribution >= 4 is 11.2 Å². The fraction of sp³-hybridized carbons (Fsp3) is 0.333. The molecule has 134 valence electrons. The molecule has 0 bridgehead atoms. The maximum absolute atomic E-state index is 14.9. The van der Waals surface area contributed by atoms with Crippen molar-refractivity contribution in [3.8, 4) is 0 Å². The molecule has 0 atom stereocenters. The first-order valence-electron chi connectivity index (χ1n) is 8.67. The van der Waals surface area contributed by atoms with Gasteiger partial charge in [-0.05, 0) is 50.6 Å². The number of hydrogen-bond donors (Lipinski definition) is 0. The lowest BCUT2D eigenvalue weighted by Gasteiger charge is -2.44. The number of rotatable bonds is 1. The third-order valence-corrected chi connectivity index (χ3v) is 5.98. The summed E-state index contributed by atoms with van der Waals surface area (Å²) in [6, 6.07) is 6.72. The zero-order chi connectivity index (χ0) is 18.9. The van der Waals surface area contributed by atoms with Crippen molar-refractivity contribution in [3.63, 3.8) is 0 Å². The Bertz CT molecular complexity index is 1070. The third kappa shape index (κ3) is 2.09. The molecule has 0 saturated heterocycles. The second-order valence-corrected chi connectivity index (χ2v) is 7.95. The lowest BCUT2D eigenvalue weighted by molar-refractivity contribution is 0.289. The Morgan fingerprint density at radius 2 is 1.73 bits per heavy atom. The van der Waals surface area contributed by atoms with Gasteiger partial charge in [0.2, 0.25) is 0 Å². The molecule has 0 unspecified atom stereocenters. The summed E-state index contributed by atoms with van der Waals surface area (Å²) in [5.41, 5.74) is 3.23. The fourth-order valence-corrected chi connectivity index (χ4v) is 3.71. The van der Waals surface area contributed by atoms with Gasteiger partial charge in [-0.2, -0.15) is 5.10 Å². The van der Waals surface area contributed by atoms with Gasteiger partial charge >= 0.3 is 0 Å². The van der Waals surface area contributed by atoms with Gasteiger partial charge in [0.1, 0.15) is 0 Å². The van der Waals surface area contributed by atoms with Gasteiger partial charge in [0.25, 0.3) is 0 Å². The number of aliphatic imine (C=N–C) groups is 1. The normalized spacial score (nSPS) is 17.9. The Hall–Kier alpha value is -2.56. The van der Waals surface area contributed by atoms with Crippen molar-refractivity contribution < 1.29 is 8.78 Å². The highest BCUT2D eigenvalue weighted by molar-refractivity contribution is 6.16. The zero-order valence-corrected chi connectivity index (χ0v) is 15.6. The Kier molecular flexibility index (Phi) is 3.39. The molecule has 5 heteroatoms. The number of aromatic nitrogens is 2. The van der Waals surface area contributed by atoms with E-state index in [4.69, 9.17) is 4.99 Å². The molecule has 1 aliphatic rings. The van der Waals surface area contributed by atoms with Crippen LogP contribution in [0.3, 0.4) is 0 Å². The highest BCUT2D eigenvalue weighted by atomic mass is 19.2. The van der Waals surface area contributed by atoms with E-state index >= 15 is 0 Å². The monoisotopic (exact) mass is 353 g/mol. The molecule has 0 amide bonds. The number of hydrogen-bond acceptors (Lipinski definition) is 2. The Morgan fingerprint density at radius 3 is 2.46 bits per heavy atom. The van der Waals surface area contributed by atoms with Gasteiger partial charge in [-0.15, -0.1) is 0 Å². The fourth-order valence-electron chi connectivity index (χ4n) is 3.71. The van der Waals surface area contributed by atoms with Gasteiger partial charge < -0.3 is 0 Å². The van der Waals surface area contributed by atoms with Crippen LogP contribution < -0.4 is 0 Å². The lowest BCUT2D eigenvalue weighted by atomic mass is 9.65. The van der Waals surface area contributed by atoms with E-state index in [0.29, 0.717) is 16.8 Å². The van der Waals surface area contributed by atoms with Crippen molar-refractivity contribution in [2.45, 2.75) is 45.6 Å². The van der Waals surface area contributed by atoms with Crippen LogP contribution in [0.1, 0.15) is 49.9 Å². The number of aryl methyl sites for hydroxylation is 1. The molecule has 0 radical (unpaired) electrons. The van der Waals surface area contributed by atoms with Gasteiger partial charge in [0.15, 0.2) is 11.6 Å². The maximum atomic E-state index is 14.9. The van der Waals surface area contributed by atoms with E-state index in [2.05, 4.69) is 5.10 Å². The number of halogens is 2. The maximum Gasteiger partial charge on any atom is 0.163 e. The Labute approximate surface area is 151 Å². The minimum absolute atomic E-state index is 0.377. The summed E-state index contributed by atoms with van der Waals surface area (Å²) in [6.45, 7) is 9.74. The van der Waals surface area contributed by atoms with Crippen LogP contribution in [-0.4, -0.2) is 20.9 Å². The summed E-state index contributed by atoms with van der Waals surface area (Å²) >= 11 is 0. The summed E-state index contributed by atoms with van der Waals surface area (Å²) in [5, 5.41) is 4.44. The molecule has 0 spiro atoms. The van der Waals surface area contributed by atoms with Crippen LogP contribution in [0.2, 0.25) is 0 Å². The van der Waals surface area contributed by atoms with Crippen molar-refractivity contribution in [2.75, 3.05) is 0 Å². The summed E-state index contributed by atoms with van der Waals surface area (Å²) in [4.78, 5) is 4.98. The zero-order valence-electron chi connectivity index (χ0n) is 15.6. The minimum atomic E-state index is -0.828. The Balaban J connectivity index is 2.07. The van der Waals surface area contributed by atoms with Crippen LogP contribution in [0, 0.1) is 18.6 Å². The second-order valence-electron chi connectivity index (χ2n) is 7.95. The molecule has 0 saturated carbocycles. The molecule has 1 aliphatic heterocycles. The first kappa shape index (κ1) is 16.9. The summed E-state index contributed by atoms with van der Waals surface area (Å²) in [5.74, 6) is -1.62. The molecule has 0 fully saturated rings. The highest BCUT2D eigenvalue weighted by Crippen LogP contribution is 2.45. The standard InChI is InChI=1S/C21H21F2N3/c1-12-14(11-24-26-10-6-7-16(12)26)19-13-8-9-15(22)18(23)17(13)20(2,3)21(4,5)25-19/h6-11H,1-5H3. The van der Waals surface area contributed by atoms with E-state index < -0.39 is 22.6 Å². The number of nitrogens with zero attached hydrogens (tertiary/aromatic N) is 3. The molecule has 0 N–H and O–H groups in total. The molecule has 1 aromatic carbocycles. The van der Waals surface area contributed by atoms with Crippen molar-refractivity contribution in [1.29, 1.82) is 0 Å². The first-order chi connectivity index (χ1) is 12.1. The van der Waals surface area contributed by atoms with E-state index in [1.165, 1.54) is 6.07 Å². The minimum Gasteiger partial charge on any atom is -0.277 e. The Morgan fingerprint density at radius 1 is 1.00 bits per heavy atom. The highest BCUT2D eigenvalue weighted by Gasteiger charge is 2.46. The average molecular weight is 353 g/mol. The van der Waals surface area contributed by atoms with E-state index in [1.54, 1.807) is 16.8 Å². The second kappa shape index (κ2) is 5.22. The first-order valence-corrected chi connectivity index (χ1v) is 8.67. The van der Waals surface area contributed by atoms with Crippen LogP contribution in [0.4, 0.5) is 8.78 Å². The molecule has 3 heterocycles. The topological polar surface area (TPSA) is 29.7 Å². The number of benzene rings is 1. The molecule has 3 nitrogen and oxygen atoms in total. The van der Waals surface area contributed by atoms with Crippen LogP contribution in [0.5, 0.6) is 0 Å². The lowest BCUT2D eigenvalue weighted by Crippen LogP contribution is -2.47. The van der Waals surface area contributed by atoms with Crippen LogP contribution >= 0.6 is 0 Å². The van der Waals surface area contributed by atoms with Crippen molar-refractivity contribution in [2.24, 2.45) is 4.99 Å². The van der Waals surface area contributed by atoms with Crippen molar-refractivity contribution in [3.05, 3.63) is 70.5 Å². The van der Waals surface area contributed by atoms with Crippen LogP contribution in [0.15, 0.2) is 41.7 Å². The average Bonchev–Trinajstić information content (AvgIpc) is 3.04. The molecular formula is C21H21F2N3. The summed E-state index contributed by atoms with van der Waals surface area (Å²) in [6.07, 6.45) is 3.63. The van der Waals surface area contributed by atoms with E-state index in [9.17, 15) is 8.78 Å². The smallest absolute Gasteiger partial charge is 0.163 e. The van der Waals surface area contributed by atoms with Crippen LogP contribution in [-0.2, 0) is 5.41 Å². The quantitative estimate of drug-likeness (QED) is 0.616. The van der Waals surface area contributed by atoms with Gasteiger partial charge in [-0.25, -0.2) is 13.3 Å². The third-order valence-electron chi connectivity index (χ3n) is 5.98. The van der Waals surface area contributed by atoms with Gasteiger partial charge in [-0.3, -0.25) is 4.99 Å². The largest absolute Gasteiger partial charge is 0.277 e. The summed E-state index contributed by atoms with van der Waals surface area (Å²) < 4.78 is 30.7. The van der Waals surface area contributed by atoms with Crippen molar-refractivity contribution in [1.82, 2.24) is 9.61 Å². The molecule has 2 aromatic heterocycles. The van der Waals surface area contributed by atoms with Gasteiger partial charge in [0.05, 0.1) is 23.0 Å². The summed E-state index contributed by atoms with van der Waals surface area (Å²) in [7, 11) is 0. The van der Waals surface area contributed by atoms with Crippen LogP contribution in [0.25, 0.3) is 5.52 Å². The van der Waals surface area contributed by atoms with E-state index in [0.717, 1.165) is 16.6 Å². The van der Waals surface area contributed by atoms with E-state index in [-0.39, 0.29) is 0 Å². The predicted molar refractivity (Wildman–Crippen MR) is 99.0 cm³/mol. The molecule has 0 aliphatic carbocycles. The van der Waals surface area contributed by atoms with E-state index in [1.807, 2.05) is 52.9 Å². The molecular weight excluding hydrogens is 332 g/mol. The van der Waals surface area contributed by atoms with Gasteiger partial charge in [0, 0.05) is 28.3 Å². The predicted octanol–water partition coefficient (Wildman–Crippen LogP) is 4.83.